The highest BCUT2D eigenvalue weighted by molar-refractivity contribution is 6.30. The Bertz CT molecular complexity index is 826. The lowest BCUT2D eigenvalue weighted by atomic mass is 10.1. The number of benzene rings is 1. The lowest BCUT2D eigenvalue weighted by molar-refractivity contribution is 0.0693. The Labute approximate surface area is 119 Å². The zero-order chi connectivity index (χ0) is 14.3. The molecule has 3 rings (SSSR count). The molecular weight excluding hydrogens is 278 g/mol. The molecule has 0 amide bonds. The van der Waals surface area contributed by atoms with Gasteiger partial charge in [0.25, 0.3) is 0 Å². The first-order chi connectivity index (χ1) is 9.56. The van der Waals surface area contributed by atoms with Crippen LogP contribution in [0.5, 0.6) is 0 Å². The van der Waals surface area contributed by atoms with Crippen molar-refractivity contribution in [2.24, 2.45) is 0 Å². The van der Waals surface area contributed by atoms with Crippen LogP contribution in [0.2, 0.25) is 5.02 Å². The van der Waals surface area contributed by atoms with E-state index in [-0.39, 0.29) is 5.69 Å². The fraction of sp³-hybridized carbons (Fsp3) is 0.0714. The van der Waals surface area contributed by atoms with Gasteiger partial charge in [0.1, 0.15) is 6.33 Å². The maximum absolute atomic E-state index is 11.2. The first-order valence-corrected chi connectivity index (χ1v) is 6.28. The molecule has 2 heterocycles. The van der Waals surface area contributed by atoms with E-state index in [9.17, 15) is 4.79 Å². The molecule has 20 heavy (non-hydrogen) atoms. The van der Waals surface area contributed by atoms with E-state index in [2.05, 4.69) is 9.97 Å². The van der Waals surface area contributed by atoms with Crippen molar-refractivity contribution >= 4 is 23.2 Å². The van der Waals surface area contributed by atoms with Crippen LogP contribution < -0.4 is 0 Å². The third-order valence-corrected chi connectivity index (χ3v) is 3.25. The summed E-state index contributed by atoms with van der Waals surface area (Å²) in [6.07, 6.45) is 1.46. The van der Waals surface area contributed by atoms with Crippen LogP contribution in [0.15, 0.2) is 36.7 Å². The van der Waals surface area contributed by atoms with Gasteiger partial charge in [0.2, 0.25) is 0 Å². The van der Waals surface area contributed by atoms with Gasteiger partial charge >= 0.3 is 5.97 Å². The summed E-state index contributed by atoms with van der Waals surface area (Å²) in [5.74, 6) is -1.09. The summed E-state index contributed by atoms with van der Waals surface area (Å²) in [6, 6.07) is 9.13. The highest BCUT2D eigenvalue weighted by Crippen LogP contribution is 2.23. The van der Waals surface area contributed by atoms with Crippen molar-refractivity contribution in [2.45, 2.75) is 6.92 Å². The summed E-state index contributed by atoms with van der Waals surface area (Å²) in [5, 5.41) is 9.74. The Hall–Kier alpha value is -2.40. The first-order valence-electron chi connectivity index (χ1n) is 5.90. The van der Waals surface area contributed by atoms with E-state index in [4.69, 9.17) is 16.7 Å². The minimum atomic E-state index is -1.09. The molecule has 0 aliphatic rings. The summed E-state index contributed by atoms with van der Waals surface area (Å²) in [6.45, 7) is 1.87. The van der Waals surface area contributed by atoms with Gasteiger partial charge in [-0.1, -0.05) is 23.7 Å². The predicted molar refractivity (Wildman–Crippen MR) is 75.1 cm³/mol. The fourth-order valence-corrected chi connectivity index (χ4v) is 2.26. The second-order valence-electron chi connectivity index (χ2n) is 4.39. The van der Waals surface area contributed by atoms with Crippen molar-refractivity contribution in [2.75, 3.05) is 0 Å². The van der Waals surface area contributed by atoms with E-state index in [0.29, 0.717) is 16.4 Å². The van der Waals surface area contributed by atoms with Gasteiger partial charge in [-0.2, -0.15) is 0 Å². The summed E-state index contributed by atoms with van der Waals surface area (Å²) in [5.41, 5.74) is 2.62. The second-order valence-corrected chi connectivity index (χ2v) is 4.82. The van der Waals surface area contributed by atoms with Crippen molar-refractivity contribution < 1.29 is 9.90 Å². The number of hydrogen-bond acceptors (Lipinski definition) is 3. The van der Waals surface area contributed by atoms with Crippen molar-refractivity contribution in [3.8, 4) is 11.3 Å². The highest BCUT2D eigenvalue weighted by atomic mass is 35.5. The molecule has 1 N–H and O–H groups in total. The average molecular weight is 288 g/mol. The van der Waals surface area contributed by atoms with Crippen molar-refractivity contribution in [3.05, 3.63) is 53.1 Å². The number of nitrogens with zero attached hydrogens (tertiary/aromatic N) is 3. The van der Waals surface area contributed by atoms with Gasteiger partial charge in [0.05, 0.1) is 5.69 Å². The molecule has 0 aliphatic carbocycles. The van der Waals surface area contributed by atoms with E-state index in [1.807, 2.05) is 25.1 Å². The predicted octanol–water partition coefficient (Wildman–Crippen LogP) is 3.06. The second kappa shape index (κ2) is 4.61. The molecule has 0 bridgehead atoms. The van der Waals surface area contributed by atoms with E-state index < -0.39 is 5.97 Å². The van der Waals surface area contributed by atoms with E-state index in [1.165, 1.54) is 6.33 Å². The van der Waals surface area contributed by atoms with Crippen molar-refractivity contribution in [1.29, 1.82) is 0 Å². The van der Waals surface area contributed by atoms with Crippen LogP contribution in [-0.2, 0) is 0 Å². The number of aromatic carboxylic acids is 1. The normalized spacial score (nSPS) is 10.9. The van der Waals surface area contributed by atoms with Crippen LogP contribution in [0, 0.1) is 6.92 Å². The van der Waals surface area contributed by atoms with Crippen LogP contribution in [0.3, 0.4) is 0 Å². The smallest absolute Gasteiger partial charge is 0.358 e. The zero-order valence-electron chi connectivity index (χ0n) is 10.5. The van der Waals surface area contributed by atoms with Gasteiger partial charge in [0, 0.05) is 16.3 Å². The Kier molecular flexibility index (Phi) is 2.91. The molecule has 1 aromatic carbocycles. The van der Waals surface area contributed by atoms with E-state index in [0.717, 1.165) is 11.3 Å². The largest absolute Gasteiger partial charge is 0.476 e. The number of carboxylic acid groups (broad SMARTS) is 1. The topological polar surface area (TPSA) is 67.5 Å². The molecule has 0 saturated heterocycles. The monoisotopic (exact) mass is 287 g/mol. The molecule has 0 fully saturated rings. The number of aromatic nitrogens is 3. The Morgan fingerprint density at radius 3 is 2.85 bits per heavy atom. The molecule has 100 valence electrons. The highest BCUT2D eigenvalue weighted by Gasteiger charge is 2.15. The summed E-state index contributed by atoms with van der Waals surface area (Å²) < 4.78 is 1.65. The van der Waals surface area contributed by atoms with Gasteiger partial charge < -0.3 is 5.11 Å². The first kappa shape index (κ1) is 12.6. The fourth-order valence-electron chi connectivity index (χ4n) is 2.07. The molecule has 0 saturated carbocycles. The molecule has 3 aromatic rings. The van der Waals surface area contributed by atoms with Gasteiger partial charge in [-0.25, -0.2) is 14.8 Å². The van der Waals surface area contributed by atoms with Crippen LogP contribution in [0.4, 0.5) is 0 Å². The number of rotatable bonds is 2. The quantitative estimate of drug-likeness (QED) is 0.786. The SMILES string of the molecule is Cc1cc(-c2cccc(Cl)c2)nc2c(C(=O)O)ncn12. The standard InChI is InChI=1S/C14H10ClN3O2/c1-8-5-11(9-3-2-4-10(15)6-9)17-13-12(14(19)20)16-7-18(8)13/h2-7H,1H3,(H,19,20). The molecule has 0 atom stereocenters. The molecule has 0 aliphatic heterocycles. The number of aryl methyl sites for hydroxylation is 1. The van der Waals surface area contributed by atoms with E-state index >= 15 is 0 Å². The number of carbonyl (C=O) groups is 1. The van der Waals surface area contributed by atoms with Crippen LogP contribution in [0.25, 0.3) is 16.9 Å². The third-order valence-electron chi connectivity index (χ3n) is 3.02. The van der Waals surface area contributed by atoms with Crippen molar-refractivity contribution in [3.63, 3.8) is 0 Å². The van der Waals surface area contributed by atoms with Crippen LogP contribution in [-0.4, -0.2) is 25.4 Å². The number of hydrogen-bond donors (Lipinski definition) is 1. The van der Waals surface area contributed by atoms with Gasteiger partial charge in [-0.05, 0) is 25.1 Å². The lowest BCUT2D eigenvalue weighted by Gasteiger charge is -2.06. The molecule has 5 nitrogen and oxygen atoms in total. The number of fused-ring (bicyclic) bond motifs is 1. The van der Waals surface area contributed by atoms with Crippen LogP contribution >= 0.6 is 11.6 Å². The molecule has 0 unspecified atom stereocenters. The van der Waals surface area contributed by atoms with Gasteiger partial charge in [-0.3, -0.25) is 4.40 Å². The zero-order valence-corrected chi connectivity index (χ0v) is 11.3. The molecule has 0 spiro atoms. The third kappa shape index (κ3) is 2.02. The Morgan fingerprint density at radius 2 is 2.15 bits per heavy atom. The maximum Gasteiger partial charge on any atom is 0.358 e. The van der Waals surface area contributed by atoms with Gasteiger partial charge in [0.15, 0.2) is 11.3 Å². The van der Waals surface area contributed by atoms with E-state index in [1.54, 1.807) is 16.5 Å². The molecule has 0 radical (unpaired) electrons. The maximum atomic E-state index is 11.2. The minimum Gasteiger partial charge on any atom is -0.476 e. The molecular formula is C14H10ClN3O2. The number of imidazole rings is 1. The van der Waals surface area contributed by atoms with Gasteiger partial charge in [-0.15, -0.1) is 0 Å². The average Bonchev–Trinajstić information content (AvgIpc) is 2.83. The van der Waals surface area contributed by atoms with Crippen LogP contribution in [0.1, 0.15) is 16.2 Å². The number of halogens is 1. The summed E-state index contributed by atoms with van der Waals surface area (Å²) in [4.78, 5) is 19.4. The summed E-state index contributed by atoms with van der Waals surface area (Å²) >= 11 is 5.97. The summed E-state index contributed by atoms with van der Waals surface area (Å²) in [7, 11) is 0. The molecule has 6 heteroatoms. The Morgan fingerprint density at radius 1 is 1.35 bits per heavy atom. The minimum absolute atomic E-state index is 0.0584. The number of carboxylic acids is 1. The molecule has 2 aromatic heterocycles. The Balaban J connectivity index is 2.27. The van der Waals surface area contributed by atoms with Crippen molar-refractivity contribution in [1.82, 2.24) is 14.4 Å². The lowest BCUT2D eigenvalue weighted by Crippen LogP contribution is -2.01.